The zero-order chi connectivity index (χ0) is 10.6. The van der Waals surface area contributed by atoms with Crippen LogP contribution in [0.3, 0.4) is 0 Å². The number of aliphatic hydroxyl groups is 2. The van der Waals surface area contributed by atoms with Gasteiger partial charge in [-0.2, -0.15) is 5.10 Å². The van der Waals surface area contributed by atoms with Gasteiger partial charge in [-0.3, -0.25) is 5.10 Å². The van der Waals surface area contributed by atoms with Crippen LogP contribution in [0.1, 0.15) is 18.2 Å². The van der Waals surface area contributed by atoms with Crippen LogP contribution in [-0.2, 0) is 0 Å². The van der Waals surface area contributed by atoms with Crippen molar-refractivity contribution in [2.75, 3.05) is 19.3 Å². The fourth-order valence-electron chi connectivity index (χ4n) is 1.16. The first kappa shape index (κ1) is 11.0. The van der Waals surface area contributed by atoms with Crippen molar-refractivity contribution >= 4 is 5.82 Å². The molecular formula is C8H16N4O2. The quantitative estimate of drug-likeness (QED) is 0.419. The number of nitrogens with one attached hydrogen (secondary N) is 2. The van der Waals surface area contributed by atoms with Crippen molar-refractivity contribution in [3.8, 4) is 0 Å². The van der Waals surface area contributed by atoms with Gasteiger partial charge in [-0.25, -0.2) is 0 Å². The third-order valence-corrected chi connectivity index (χ3v) is 1.99. The van der Waals surface area contributed by atoms with Gasteiger partial charge in [0.1, 0.15) is 11.9 Å². The molecule has 0 radical (unpaired) electrons. The van der Waals surface area contributed by atoms with Gasteiger partial charge in [-0.1, -0.05) is 0 Å². The predicted molar refractivity (Wildman–Crippen MR) is 52.5 cm³/mol. The summed E-state index contributed by atoms with van der Waals surface area (Å²) in [5.74, 6) is 0.305. The van der Waals surface area contributed by atoms with Gasteiger partial charge in [-0.05, 0) is 20.0 Å². The number of hydrogen-bond acceptors (Lipinski definition) is 5. The van der Waals surface area contributed by atoms with Crippen molar-refractivity contribution < 1.29 is 10.2 Å². The standard InChI is InChI=1S/C8H16N4O2/c1-10-3-2-6(13)8(14)5-4-7(9)12-11-5/h4,6,8,10,13-14H,2-3H2,1H3,(H3,9,11,12). The van der Waals surface area contributed by atoms with Crippen LogP contribution in [-0.4, -0.2) is 40.1 Å². The molecule has 2 unspecified atom stereocenters. The van der Waals surface area contributed by atoms with E-state index in [0.29, 0.717) is 24.5 Å². The highest BCUT2D eigenvalue weighted by atomic mass is 16.3. The second-order valence-electron chi connectivity index (χ2n) is 3.15. The molecular weight excluding hydrogens is 184 g/mol. The first-order valence-corrected chi connectivity index (χ1v) is 4.46. The molecule has 0 bridgehead atoms. The Balaban J connectivity index is 2.51. The van der Waals surface area contributed by atoms with E-state index in [-0.39, 0.29) is 0 Å². The Hall–Kier alpha value is -1.11. The van der Waals surface area contributed by atoms with Gasteiger partial charge in [0.05, 0.1) is 11.8 Å². The molecule has 1 rings (SSSR count). The zero-order valence-electron chi connectivity index (χ0n) is 8.07. The number of aromatic amines is 1. The first-order chi connectivity index (χ1) is 6.65. The molecule has 0 saturated heterocycles. The number of nitrogen functional groups attached to an aromatic ring is 1. The lowest BCUT2D eigenvalue weighted by molar-refractivity contribution is 0.0115. The maximum Gasteiger partial charge on any atom is 0.145 e. The molecule has 6 heteroatoms. The summed E-state index contributed by atoms with van der Waals surface area (Å²) in [4.78, 5) is 0. The van der Waals surface area contributed by atoms with Gasteiger partial charge in [0.15, 0.2) is 0 Å². The maximum atomic E-state index is 9.62. The molecule has 0 amide bonds. The summed E-state index contributed by atoms with van der Waals surface area (Å²) in [6.07, 6.45) is -1.31. The summed E-state index contributed by atoms with van der Waals surface area (Å²) in [6, 6.07) is 1.51. The summed E-state index contributed by atoms with van der Waals surface area (Å²) in [5, 5.41) is 28.3. The minimum atomic E-state index is -0.965. The third kappa shape index (κ3) is 2.69. The van der Waals surface area contributed by atoms with Crippen molar-refractivity contribution in [1.29, 1.82) is 0 Å². The largest absolute Gasteiger partial charge is 0.390 e. The van der Waals surface area contributed by atoms with Gasteiger partial charge < -0.3 is 21.3 Å². The summed E-state index contributed by atoms with van der Waals surface area (Å²) in [5.41, 5.74) is 5.81. The minimum absolute atomic E-state index is 0.305. The lowest BCUT2D eigenvalue weighted by Crippen LogP contribution is -2.23. The van der Waals surface area contributed by atoms with Crippen molar-refractivity contribution in [3.63, 3.8) is 0 Å². The summed E-state index contributed by atoms with van der Waals surface area (Å²) < 4.78 is 0. The molecule has 1 heterocycles. The summed E-state index contributed by atoms with van der Waals surface area (Å²) in [6.45, 7) is 0.641. The van der Waals surface area contributed by atoms with Crippen molar-refractivity contribution in [2.24, 2.45) is 0 Å². The molecule has 0 aromatic carbocycles. The van der Waals surface area contributed by atoms with Crippen LogP contribution in [0, 0.1) is 0 Å². The van der Waals surface area contributed by atoms with Crippen molar-refractivity contribution in [3.05, 3.63) is 11.8 Å². The van der Waals surface area contributed by atoms with Crippen LogP contribution in [0.4, 0.5) is 5.82 Å². The highest BCUT2D eigenvalue weighted by Gasteiger charge is 2.19. The smallest absolute Gasteiger partial charge is 0.145 e. The fraction of sp³-hybridized carbons (Fsp3) is 0.625. The van der Waals surface area contributed by atoms with E-state index in [1.165, 1.54) is 6.07 Å². The number of H-pyrrole nitrogens is 1. The topological polar surface area (TPSA) is 107 Å². The van der Waals surface area contributed by atoms with E-state index in [9.17, 15) is 10.2 Å². The lowest BCUT2D eigenvalue weighted by Gasteiger charge is -2.15. The van der Waals surface area contributed by atoms with Crippen LogP contribution < -0.4 is 11.1 Å². The molecule has 1 aromatic rings. The van der Waals surface area contributed by atoms with Crippen LogP contribution >= 0.6 is 0 Å². The highest BCUT2D eigenvalue weighted by molar-refractivity contribution is 5.29. The molecule has 0 aliphatic carbocycles. The number of nitrogens with two attached hydrogens (primary N) is 1. The second kappa shape index (κ2) is 4.94. The number of aliphatic hydroxyl groups excluding tert-OH is 2. The monoisotopic (exact) mass is 200 g/mol. The van der Waals surface area contributed by atoms with Crippen LogP contribution in [0.2, 0.25) is 0 Å². The molecule has 6 N–H and O–H groups in total. The molecule has 80 valence electrons. The van der Waals surface area contributed by atoms with E-state index in [1.54, 1.807) is 7.05 Å². The molecule has 0 aliphatic heterocycles. The fourth-order valence-corrected chi connectivity index (χ4v) is 1.16. The minimum Gasteiger partial charge on any atom is -0.390 e. The number of hydrogen-bond donors (Lipinski definition) is 5. The van der Waals surface area contributed by atoms with E-state index < -0.39 is 12.2 Å². The molecule has 1 aromatic heterocycles. The number of rotatable bonds is 5. The number of anilines is 1. The molecule has 0 aliphatic rings. The van der Waals surface area contributed by atoms with Crippen molar-refractivity contribution in [1.82, 2.24) is 15.5 Å². The van der Waals surface area contributed by atoms with E-state index in [4.69, 9.17) is 5.73 Å². The Labute approximate surface area is 82.1 Å². The Bertz CT molecular complexity index is 276. The van der Waals surface area contributed by atoms with E-state index in [2.05, 4.69) is 15.5 Å². The van der Waals surface area contributed by atoms with E-state index >= 15 is 0 Å². The highest BCUT2D eigenvalue weighted by Crippen LogP contribution is 2.17. The maximum absolute atomic E-state index is 9.62. The first-order valence-electron chi connectivity index (χ1n) is 4.46. The van der Waals surface area contributed by atoms with Gasteiger partial charge in [-0.15, -0.1) is 0 Å². The number of nitrogens with zero attached hydrogens (tertiary/aromatic N) is 1. The second-order valence-corrected chi connectivity index (χ2v) is 3.15. The zero-order valence-corrected chi connectivity index (χ0v) is 8.07. The Morgan fingerprint density at radius 2 is 2.36 bits per heavy atom. The van der Waals surface area contributed by atoms with Crippen LogP contribution in [0.15, 0.2) is 6.07 Å². The van der Waals surface area contributed by atoms with Crippen LogP contribution in [0.5, 0.6) is 0 Å². The molecule has 0 fully saturated rings. The van der Waals surface area contributed by atoms with E-state index in [1.807, 2.05) is 0 Å². The van der Waals surface area contributed by atoms with E-state index in [0.717, 1.165) is 0 Å². The molecule has 14 heavy (non-hydrogen) atoms. The van der Waals surface area contributed by atoms with Gasteiger partial charge >= 0.3 is 0 Å². The molecule has 0 saturated carbocycles. The molecule has 0 spiro atoms. The summed E-state index contributed by atoms with van der Waals surface area (Å²) >= 11 is 0. The van der Waals surface area contributed by atoms with Crippen LogP contribution in [0.25, 0.3) is 0 Å². The Morgan fingerprint density at radius 1 is 1.64 bits per heavy atom. The van der Waals surface area contributed by atoms with Gasteiger partial charge in [0, 0.05) is 6.07 Å². The van der Waals surface area contributed by atoms with Gasteiger partial charge in [0.2, 0.25) is 0 Å². The normalized spacial score (nSPS) is 15.4. The average molecular weight is 200 g/mol. The van der Waals surface area contributed by atoms with Gasteiger partial charge in [0.25, 0.3) is 0 Å². The third-order valence-electron chi connectivity index (χ3n) is 1.99. The summed E-state index contributed by atoms with van der Waals surface area (Å²) in [7, 11) is 1.79. The average Bonchev–Trinajstić information content (AvgIpc) is 2.60. The Kier molecular flexibility index (Phi) is 3.87. The van der Waals surface area contributed by atoms with Crippen molar-refractivity contribution in [2.45, 2.75) is 18.6 Å². The number of aromatic nitrogens is 2. The molecule has 6 nitrogen and oxygen atoms in total. The molecule has 2 atom stereocenters. The predicted octanol–water partition coefficient (Wildman–Crippen LogP) is -1.00. The Morgan fingerprint density at radius 3 is 2.86 bits per heavy atom. The lowest BCUT2D eigenvalue weighted by atomic mass is 10.1. The SMILES string of the molecule is CNCCC(O)C(O)c1cc(N)n[nH]1.